The summed E-state index contributed by atoms with van der Waals surface area (Å²) in [6, 6.07) is 6.35. The lowest BCUT2D eigenvalue weighted by Gasteiger charge is -2.16. The number of carbonyl (C=O) groups is 1. The zero-order chi connectivity index (χ0) is 18.9. The Labute approximate surface area is 161 Å². The van der Waals surface area contributed by atoms with Crippen LogP contribution in [0.15, 0.2) is 38.8 Å². The molecule has 27 heavy (non-hydrogen) atoms. The highest BCUT2D eigenvalue weighted by Crippen LogP contribution is 2.39. The van der Waals surface area contributed by atoms with Crippen molar-refractivity contribution < 1.29 is 17.6 Å². The lowest BCUT2D eigenvalue weighted by molar-refractivity contribution is -0.113. The zero-order valence-electron chi connectivity index (χ0n) is 14.6. The highest BCUT2D eigenvalue weighted by atomic mass is 32.2. The second kappa shape index (κ2) is 7.61. The molecular formula is C17H20N4O4S2. The predicted molar refractivity (Wildman–Crippen MR) is 100 cm³/mol. The van der Waals surface area contributed by atoms with Crippen molar-refractivity contribution in [2.24, 2.45) is 0 Å². The van der Waals surface area contributed by atoms with Gasteiger partial charge in [-0.25, -0.2) is 8.42 Å². The van der Waals surface area contributed by atoms with Crippen LogP contribution < -0.4 is 5.32 Å². The van der Waals surface area contributed by atoms with E-state index < -0.39 is 10.0 Å². The molecule has 1 N–H and O–H groups in total. The second-order valence-corrected chi connectivity index (χ2v) is 9.52. The molecule has 0 radical (unpaired) electrons. The smallest absolute Gasteiger partial charge is 0.277 e. The summed E-state index contributed by atoms with van der Waals surface area (Å²) < 4.78 is 32.2. The van der Waals surface area contributed by atoms with Crippen molar-refractivity contribution in [3.05, 3.63) is 30.2 Å². The van der Waals surface area contributed by atoms with Crippen LogP contribution in [0.5, 0.6) is 0 Å². The molecule has 1 saturated carbocycles. The molecule has 2 heterocycles. The number of aromatic nitrogens is 2. The number of benzene rings is 1. The van der Waals surface area contributed by atoms with Gasteiger partial charge in [-0.2, -0.15) is 4.31 Å². The third kappa shape index (κ3) is 4.33. The molecule has 8 nitrogen and oxygen atoms in total. The Balaban J connectivity index is 1.36. The molecule has 1 aliphatic carbocycles. The maximum atomic E-state index is 12.6. The number of hydrogen-bond acceptors (Lipinski definition) is 7. The van der Waals surface area contributed by atoms with Crippen LogP contribution in [0.4, 0.5) is 5.69 Å². The third-order valence-electron chi connectivity index (χ3n) is 4.50. The molecule has 4 rings (SSSR count). The minimum absolute atomic E-state index is 0.107. The first kappa shape index (κ1) is 18.5. The number of nitrogens with one attached hydrogen (secondary N) is 1. The zero-order valence-corrected chi connectivity index (χ0v) is 16.3. The van der Waals surface area contributed by atoms with Crippen LogP contribution in [0.1, 0.15) is 37.5 Å². The van der Waals surface area contributed by atoms with Gasteiger partial charge in [0, 0.05) is 24.7 Å². The number of nitrogens with zero attached hydrogens (tertiary/aromatic N) is 3. The van der Waals surface area contributed by atoms with Gasteiger partial charge in [0.2, 0.25) is 21.8 Å². The number of thioether (sulfide) groups is 1. The summed E-state index contributed by atoms with van der Waals surface area (Å²) in [4.78, 5) is 12.4. The van der Waals surface area contributed by atoms with Gasteiger partial charge in [0.15, 0.2) is 0 Å². The number of carbonyl (C=O) groups excluding carboxylic acids is 1. The van der Waals surface area contributed by atoms with Gasteiger partial charge in [-0.05, 0) is 43.9 Å². The largest absolute Gasteiger partial charge is 0.416 e. The molecule has 0 atom stereocenters. The number of anilines is 1. The maximum Gasteiger partial charge on any atom is 0.277 e. The number of hydrogen-bond donors (Lipinski definition) is 1. The Morgan fingerprint density at radius 3 is 2.78 bits per heavy atom. The van der Waals surface area contributed by atoms with Gasteiger partial charge < -0.3 is 9.73 Å². The van der Waals surface area contributed by atoms with E-state index in [1.807, 2.05) is 0 Å². The highest BCUT2D eigenvalue weighted by Gasteiger charge is 2.29. The van der Waals surface area contributed by atoms with E-state index in [0.29, 0.717) is 35.8 Å². The molecule has 1 aromatic heterocycles. The van der Waals surface area contributed by atoms with Gasteiger partial charge in [-0.1, -0.05) is 17.8 Å². The summed E-state index contributed by atoms with van der Waals surface area (Å²) in [7, 11) is -3.51. The molecule has 1 amide bonds. The second-order valence-electron chi connectivity index (χ2n) is 6.66. The molecule has 1 saturated heterocycles. The fourth-order valence-corrected chi connectivity index (χ4v) is 5.04. The van der Waals surface area contributed by atoms with Gasteiger partial charge in [-0.3, -0.25) is 4.79 Å². The molecule has 0 spiro atoms. The summed E-state index contributed by atoms with van der Waals surface area (Å²) >= 11 is 1.17. The van der Waals surface area contributed by atoms with Gasteiger partial charge in [0.1, 0.15) is 0 Å². The van der Waals surface area contributed by atoms with Crippen LogP contribution >= 0.6 is 11.8 Å². The molecule has 10 heteroatoms. The predicted octanol–water partition coefficient (Wildman–Crippen LogP) is 2.46. The normalized spacial score (nSPS) is 17.9. The third-order valence-corrected chi connectivity index (χ3v) is 7.21. The van der Waals surface area contributed by atoms with Crippen LogP contribution in [0.25, 0.3) is 0 Å². The Hall–Kier alpha value is -1.91. The molecule has 144 valence electrons. The molecule has 2 aromatic rings. The van der Waals surface area contributed by atoms with Crippen molar-refractivity contribution in [1.29, 1.82) is 0 Å². The Kier molecular flexibility index (Phi) is 5.20. The van der Waals surface area contributed by atoms with E-state index >= 15 is 0 Å². The number of rotatable bonds is 7. The molecule has 0 bridgehead atoms. The van der Waals surface area contributed by atoms with Gasteiger partial charge in [-0.15, -0.1) is 10.2 Å². The van der Waals surface area contributed by atoms with Gasteiger partial charge in [0.25, 0.3) is 5.22 Å². The number of sulfonamides is 1. The minimum Gasteiger partial charge on any atom is -0.416 e. The van der Waals surface area contributed by atoms with Crippen molar-refractivity contribution in [3.63, 3.8) is 0 Å². The van der Waals surface area contributed by atoms with Gasteiger partial charge in [0.05, 0.1) is 10.6 Å². The summed E-state index contributed by atoms with van der Waals surface area (Å²) in [5.74, 6) is 0.857. The van der Waals surface area contributed by atoms with E-state index in [9.17, 15) is 13.2 Å². The van der Waals surface area contributed by atoms with Crippen LogP contribution in [0, 0.1) is 0 Å². The van der Waals surface area contributed by atoms with E-state index in [1.54, 1.807) is 18.2 Å². The summed E-state index contributed by atoms with van der Waals surface area (Å²) in [5, 5.41) is 11.0. The van der Waals surface area contributed by atoms with Crippen molar-refractivity contribution >= 4 is 33.4 Å². The van der Waals surface area contributed by atoms with Crippen LogP contribution in [0.2, 0.25) is 0 Å². The molecule has 1 aromatic carbocycles. The maximum absolute atomic E-state index is 12.6. The molecule has 0 unspecified atom stereocenters. The van der Waals surface area contributed by atoms with Crippen LogP contribution in [-0.4, -0.2) is 47.7 Å². The summed E-state index contributed by atoms with van der Waals surface area (Å²) in [6.07, 6.45) is 3.91. The van der Waals surface area contributed by atoms with Crippen molar-refractivity contribution in [2.45, 2.75) is 41.7 Å². The average Bonchev–Trinajstić information content (AvgIpc) is 3.16. The van der Waals surface area contributed by atoms with Crippen LogP contribution in [0.3, 0.4) is 0 Å². The first-order chi connectivity index (χ1) is 13.0. The van der Waals surface area contributed by atoms with E-state index in [-0.39, 0.29) is 16.6 Å². The lowest BCUT2D eigenvalue weighted by Crippen LogP contribution is -2.28. The molecule has 1 aliphatic heterocycles. The van der Waals surface area contributed by atoms with E-state index in [4.69, 9.17) is 4.42 Å². The topological polar surface area (TPSA) is 105 Å². The van der Waals surface area contributed by atoms with Crippen LogP contribution in [-0.2, 0) is 14.8 Å². The van der Waals surface area contributed by atoms with Crippen molar-refractivity contribution in [3.8, 4) is 0 Å². The Bertz CT molecular complexity index is 934. The van der Waals surface area contributed by atoms with Gasteiger partial charge >= 0.3 is 0 Å². The first-order valence-electron chi connectivity index (χ1n) is 8.88. The van der Waals surface area contributed by atoms with E-state index in [2.05, 4.69) is 15.5 Å². The summed E-state index contributed by atoms with van der Waals surface area (Å²) in [5.41, 5.74) is 0.449. The quantitative estimate of drug-likeness (QED) is 0.702. The SMILES string of the molecule is O=C(CSc1nnc(C2CC2)o1)Nc1cccc(S(=O)(=O)N2CCCC2)c1. The molecule has 2 aliphatic rings. The molecule has 2 fully saturated rings. The summed E-state index contributed by atoms with van der Waals surface area (Å²) in [6.45, 7) is 1.09. The minimum atomic E-state index is -3.51. The number of amides is 1. The standard InChI is InChI=1S/C17H20N4O4S2/c22-15(11-26-17-20-19-16(25-17)12-6-7-12)18-13-4-3-5-14(10-13)27(23,24)21-8-1-2-9-21/h3-5,10,12H,1-2,6-9,11H2,(H,18,22). The monoisotopic (exact) mass is 408 g/mol. The van der Waals surface area contributed by atoms with E-state index in [1.165, 1.54) is 22.1 Å². The van der Waals surface area contributed by atoms with Crippen molar-refractivity contribution in [2.75, 3.05) is 24.2 Å². The highest BCUT2D eigenvalue weighted by molar-refractivity contribution is 7.99. The average molecular weight is 409 g/mol. The fraction of sp³-hybridized carbons (Fsp3) is 0.471. The fourth-order valence-electron chi connectivity index (χ4n) is 2.91. The first-order valence-corrected chi connectivity index (χ1v) is 11.3. The Morgan fingerprint density at radius 2 is 2.04 bits per heavy atom. The Morgan fingerprint density at radius 1 is 1.26 bits per heavy atom. The molecular weight excluding hydrogens is 388 g/mol. The van der Waals surface area contributed by atoms with E-state index in [0.717, 1.165) is 25.7 Å². The van der Waals surface area contributed by atoms with Crippen molar-refractivity contribution in [1.82, 2.24) is 14.5 Å². The lowest BCUT2D eigenvalue weighted by atomic mass is 10.3.